The Bertz CT molecular complexity index is 1070. The van der Waals surface area contributed by atoms with Crippen molar-refractivity contribution in [2.45, 2.75) is 6.18 Å². The molecule has 0 spiro atoms. The highest BCUT2D eigenvalue weighted by atomic mass is 35.5. The molecule has 1 aliphatic heterocycles. The summed E-state index contributed by atoms with van der Waals surface area (Å²) in [5.41, 5.74) is -0.593. The smallest absolute Gasteiger partial charge is 0.417 e. The number of carbonyl (C=O) groups excluding carboxylic acids is 1. The van der Waals surface area contributed by atoms with Gasteiger partial charge in [-0.2, -0.15) is 13.2 Å². The number of carbonyl (C=O) groups is 2. The van der Waals surface area contributed by atoms with Crippen molar-refractivity contribution in [2.75, 3.05) is 6.61 Å². The van der Waals surface area contributed by atoms with Gasteiger partial charge in [-0.25, -0.2) is 9.79 Å². The molecule has 0 bridgehead atoms. The maximum Gasteiger partial charge on any atom is 0.417 e. The molecule has 1 heterocycles. The van der Waals surface area contributed by atoms with Gasteiger partial charge in [-0.1, -0.05) is 29.8 Å². The minimum Gasteiger partial charge on any atom is -0.481 e. The molecule has 6 nitrogen and oxygen atoms in total. The average molecular weight is 457 g/mol. The molecule has 2 aromatic rings. The van der Waals surface area contributed by atoms with E-state index in [1.807, 2.05) is 0 Å². The number of ether oxygens (including phenoxy) is 1. The van der Waals surface area contributed by atoms with E-state index < -0.39 is 35.2 Å². The molecule has 0 aromatic heterocycles. The number of nitrogens with zero attached hydrogens (tertiary/aromatic N) is 1. The fourth-order valence-electron chi connectivity index (χ4n) is 2.41. The van der Waals surface area contributed by atoms with E-state index in [9.17, 15) is 22.8 Å². The van der Waals surface area contributed by atoms with Gasteiger partial charge in [-0.3, -0.25) is 4.79 Å². The Morgan fingerprint density at radius 1 is 1.27 bits per heavy atom. The Labute approximate surface area is 177 Å². The van der Waals surface area contributed by atoms with Crippen LogP contribution in [0.1, 0.15) is 11.1 Å². The summed E-state index contributed by atoms with van der Waals surface area (Å²) in [6, 6.07) is 9.67. The van der Waals surface area contributed by atoms with Crippen molar-refractivity contribution >= 4 is 52.2 Å². The van der Waals surface area contributed by atoms with Crippen LogP contribution in [0.5, 0.6) is 5.75 Å². The summed E-state index contributed by atoms with van der Waals surface area (Å²) in [7, 11) is 0. The highest BCUT2D eigenvalue weighted by Gasteiger charge is 2.33. The minimum atomic E-state index is -4.63. The lowest BCUT2D eigenvalue weighted by atomic mass is 10.2. The summed E-state index contributed by atoms with van der Waals surface area (Å²) in [4.78, 5) is 27.2. The SMILES string of the molecule is O=C(O)COc1ccccc1/C=C1/SC(=Nc2ccc(Cl)c(C(F)(F)F)c2)NC1=O. The van der Waals surface area contributed by atoms with E-state index >= 15 is 0 Å². The van der Waals surface area contributed by atoms with Crippen molar-refractivity contribution in [3.05, 3.63) is 63.5 Å². The van der Waals surface area contributed by atoms with Gasteiger partial charge < -0.3 is 15.2 Å². The van der Waals surface area contributed by atoms with Crippen LogP contribution < -0.4 is 10.1 Å². The number of amidine groups is 1. The van der Waals surface area contributed by atoms with Gasteiger partial charge in [-0.15, -0.1) is 0 Å². The van der Waals surface area contributed by atoms with Gasteiger partial charge in [0.15, 0.2) is 11.8 Å². The molecule has 0 saturated carbocycles. The summed E-state index contributed by atoms with van der Waals surface area (Å²) in [6.45, 7) is -0.551. The number of rotatable bonds is 5. The monoisotopic (exact) mass is 456 g/mol. The van der Waals surface area contributed by atoms with Gasteiger partial charge >= 0.3 is 12.1 Å². The quantitative estimate of drug-likeness (QED) is 0.636. The highest BCUT2D eigenvalue weighted by molar-refractivity contribution is 8.18. The number of carboxylic acid groups (broad SMARTS) is 1. The molecule has 156 valence electrons. The average Bonchev–Trinajstić information content (AvgIpc) is 3.00. The number of alkyl halides is 3. The number of halogens is 4. The number of aliphatic imine (C=N–C) groups is 1. The van der Waals surface area contributed by atoms with Crippen LogP contribution in [0.4, 0.5) is 18.9 Å². The number of benzene rings is 2. The summed E-state index contributed by atoms with van der Waals surface area (Å²) >= 11 is 6.52. The second-order valence-corrected chi connectivity index (χ2v) is 7.30. The minimum absolute atomic E-state index is 0.0269. The van der Waals surface area contributed by atoms with E-state index in [1.54, 1.807) is 24.3 Å². The Morgan fingerprint density at radius 2 is 2.00 bits per heavy atom. The van der Waals surface area contributed by atoms with Crippen LogP contribution in [0, 0.1) is 0 Å². The van der Waals surface area contributed by atoms with Crippen LogP contribution in [0.15, 0.2) is 52.4 Å². The van der Waals surface area contributed by atoms with Crippen LogP contribution in [0.25, 0.3) is 6.08 Å². The van der Waals surface area contributed by atoms with Crippen LogP contribution in [-0.4, -0.2) is 28.8 Å². The summed E-state index contributed by atoms with van der Waals surface area (Å²) < 4.78 is 44.2. The van der Waals surface area contributed by atoms with E-state index in [4.69, 9.17) is 21.4 Å². The molecule has 1 amide bonds. The van der Waals surface area contributed by atoms with Crippen LogP contribution >= 0.6 is 23.4 Å². The number of aliphatic carboxylic acids is 1. The molecule has 0 atom stereocenters. The molecular formula is C19H12ClF3N2O4S. The lowest BCUT2D eigenvalue weighted by Crippen LogP contribution is -2.19. The maximum absolute atomic E-state index is 13.0. The molecular weight excluding hydrogens is 445 g/mol. The molecule has 2 aromatic carbocycles. The predicted octanol–water partition coefficient (Wildman–Crippen LogP) is 4.71. The molecule has 0 aliphatic carbocycles. The third-order valence-electron chi connectivity index (χ3n) is 3.69. The Kier molecular flexibility index (Phi) is 6.37. The van der Waals surface area contributed by atoms with Gasteiger partial charge in [-0.05, 0) is 42.1 Å². The lowest BCUT2D eigenvalue weighted by Gasteiger charge is -2.09. The lowest BCUT2D eigenvalue weighted by molar-refractivity contribution is -0.139. The van der Waals surface area contributed by atoms with Crippen molar-refractivity contribution in [2.24, 2.45) is 4.99 Å². The van der Waals surface area contributed by atoms with Gasteiger partial charge in [0.1, 0.15) is 5.75 Å². The Balaban J connectivity index is 1.85. The zero-order chi connectivity index (χ0) is 21.9. The van der Waals surface area contributed by atoms with Gasteiger partial charge in [0, 0.05) is 5.56 Å². The second kappa shape index (κ2) is 8.80. The number of thioether (sulfide) groups is 1. The summed E-state index contributed by atoms with van der Waals surface area (Å²) in [5.74, 6) is -1.39. The van der Waals surface area contributed by atoms with Crippen molar-refractivity contribution in [1.82, 2.24) is 5.32 Å². The van der Waals surface area contributed by atoms with Gasteiger partial charge in [0.25, 0.3) is 5.91 Å². The molecule has 3 rings (SSSR count). The van der Waals surface area contributed by atoms with Crippen molar-refractivity contribution < 1.29 is 32.6 Å². The Morgan fingerprint density at radius 3 is 2.70 bits per heavy atom. The normalized spacial score (nSPS) is 16.7. The predicted molar refractivity (Wildman–Crippen MR) is 107 cm³/mol. The maximum atomic E-state index is 13.0. The first kappa shape index (κ1) is 21.7. The van der Waals surface area contributed by atoms with E-state index in [0.29, 0.717) is 5.56 Å². The second-order valence-electron chi connectivity index (χ2n) is 5.86. The van der Waals surface area contributed by atoms with Crippen molar-refractivity contribution in [3.63, 3.8) is 0 Å². The zero-order valence-electron chi connectivity index (χ0n) is 14.9. The first-order chi connectivity index (χ1) is 14.1. The number of carboxylic acids is 1. The molecule has 1 saturated heterocycles. The summed E-state index contributed by atoms with van der Waals surface area (Å²) in [5, 5.41) is 10.9. The van der Waals surface area contributed by atoms with Crippen LogP contribution in [-0.2, 0) is 15.8 Å². The van der Waals surface area contributed by atoms with Crippen LogP contribution in [0.2, 0.25) is 5.02 Å². The molecule has 1 fully saturated rings. The molecule has 1 aliphatic rings. The van der Waals surface area contributed by atoms with E-state index in [2.05, 4.69) is 10.3 Å². The zero-order valence-corrected chi connectivity index (χ0v) is 16.4. The standard InChI is InChI=1S/C19H12ClF3N2O4S/c20-13-6-5-11(8-12(13)19(21,22)23)24-18-25-17(28)15(30-18)7-10-3-1-2-4-14(10)29-9-16(26)27/h1-8H,9H2,(H,26,27)(H,24,25,28)/b15-7+. The van der Waals surface area contributed by atoms with Crippen molar-refractivity contribution in [1.29, 1.82) is 0 Å². The molecule has 2 N–H and O–H groups in total. The molecule has 0 unspecified atom stereocenters. The molecule has 30 heavy (non-hydrogen) atoms. The largest absolute Gasteiger partial charge is 0.481 e. The van der Waals surface area contributed by atoms with Gasteiger partial charge in [0.2, 0.25) is 0 Å². The van der Waals surface area contributed by atoms with Crippen molar-refractivity contribution in [3.8, 4) is 5.75 Å². The number of hydrogen-bond acceptors (Lipinski definition) is 5. The fourth-order valence-corrected chi connectivity index (χ4v) is 3.47. The number of amides is 1. The third-order valence-corrected chi connectivity index (χ3v) is 4.93. The highest BCUT2D eigenvalue weighted by Crippen LogP contribution is 2.37. The summed E-state index contributed by atoms with van der Waals surface area (Å²) in [6.07, 6.45) is -3.16. The van der Waals surface area contributed by atoms with E-state index in [0.717, 1.165) is 23.9 Å². The third kappa shape index (κ3) is 5.33. The Hall–Kier alpha value is -2.98. The van der Waals surface area contributed by atoms with Crippen LogP contribution in [0.3, 0.4) is 0 Å². The van der Waals surface area contributed by atoms with Gasteiger partial charge in [0.05, 0.1) is 21.2 Å². The number of hydrogen-bond donors (Lipinski definition) is 2. The molecule has 0 radical (unpaired) electrons. The van der Waals surface area contributed by atoms with E-state index in [-0.39, 0.29) is 21.5 Å². The fraction of sp³-hybridized carbons (Fsp3) is 0.105. The first-order valence-corrected chi connectivity index (χ1v) is 9.43. The first-order valence-electron chi connectivity index (χ1n) is 8.23. The molecule has 11 heteroatoms. The number of nitrogens with one attached hydrogen (secondary N) is 1. The van der Waals surface area contributed by atoms with E-state index in [1.165, 1.54) is 12.1 Å². The number of para-hydroxylation sites is 1. The topological polar surface area (TPSA) is 88.0 Å².